The summed E-state index contributed by atoms with van der Waals surface area (Å²) < 4.78 is 11.9. The Morgan fingerprint density at radius 1 is 0.824 bits per heavy atom. The van der Waals surface area contributed by atoms with Gasteiger partial charge in [-0.05, 0) is 66.2 Å². The molecule has 34 heavy (non-hydrogen) atoms. The van der Waals surface area contributed by atoms with Crippen LogP contribution in [0, 0.1) is 5.92 Å². The van der Waals surface area contributed by atoms with E-state index >= 15 is 0 Å². The molecule has 2 heteroatoms. The summed E-state index contributed by atoms with van der Waals surface area (Å²) >= 11 is 0. The fraction of sp³-hybridized carbons (Fsp3) is 0.438. The average Bonchev–Trinajstić information content (AvgIpc) is 2.91. The van der Waals surface area contributed by atoms with E-state index in [4.69, 9.17) is 9.47 Å². The van der Waals surface area contributed by atoms with Crippen LogP contribution in [0.15, 0.2) is 84.9 Å². The van der Waals surface area contributed by atoms with Gasteiger partial charge in [-0.2, -0.15) is 0 Å². The highest BCUT2D eigenvalue weighted by Crippen LogP contribution is 2.39. The van der Waals surface area contributed by atoms with Gasteiger partial charge in [0.15, 0.2) is 6.29 Å². The van der Waals surface area contributed by atoms with Gasteiger partial charge in [0.05, 0.1) is 6.61 Å². The third kappa shape index (κ3) is 7.04. The predicted molar refractivity (Wildman–Crippen MR) is 141 cm³/mol. The smallest absolute Gasteiger partial charge is 0.158 e. The zero-order valence-electron chi connectivity index (χ0n) is 20.9. The monoisotopic (exact) mass is 456 g/mol. The maximum absolute atomic E-state index is 6.10. The zero-order valence-corrected chi connectivity index (χ0v) is 20.9. The molecular weight excluding hydrogens is 416 g/mol. The van der Waals surface area contributed by atoms with Crippen molar-refractivity contribution in [3.63, 3.8) is 0 Å². The van der Waals surface area contributed by atoms with Crippen molar-refractivity contribution in [3.8, 4) is 0 Å². The number of ether oxygens (including phenoxy) is 2. The fourth-order valence-electron chi connectivity index (χ4n) is 5.11. The van der Waals surface area contributed by atoms with Gasteiger partial charge in [-0.15, -0.1) is 0 Å². The van der Waals surface area contributed by atoms with Crippen LogP contribution in [0.3, 0.4) is 0 Å². The van der Waals surface area contributed by atoms with Gasteiger partial charge in [0, 0.05) is 12.5 Å². The van der Waals surface area contributed by atoms with E-state index in [1.807, 2.05) is 0 Å². The van der Waals surface area contributed by atoms with Crippen LogP contribution in [0.2, 0.25) is 0 Å². The molecule has 0 N–H and O–H groups in total. The molecule has 0 bridgehead atoms. The molecule has 1 aliphatic rings. The highest BCUT2D eigenvalue weighted by atomic mass is 16.7. The molecule has 0 spiro atoms. The zero-order chi connectivity index (χ0) is 23.6. The lowest BCUT2D eigenvalue weighted by atomic mass is 9.77. The summed E-state index contributed by atoms with van der Waals surface area (Å²) in [6.07, 6.45) is 6.82. The molecule has 180 valence electrons. The Hall–Kier alpha value is -2.42. The fourth-order valence-corrected chi connectivity index (χ4v) is 5.11. The van der Waals surface area contributed by atoms with E-state index in [0.29, 0.717) is 24.4 Å². The van der Waals surface area contributed by atoms with E-state index < -0.39 is 0 Å². The summed E-state index contributed by atoms with van der Waals surface area (Å²) in [4.78, 5) is 0. The summed E-state index contributed by atoms with van der Waals surface area (Å²) in [5.41, 5.74) is 5.45. The third-order valence-electron chi connectivity index (χ3n) is 7.30. The van der Waals surface area contributed by atoms with Crippen LogP contribution < -0.4 is 0 Å². The molecule has 1 fully saturated rings. The first-order valence-corrected chi connectivity index (χ1v) is 13.1. The van der Waals surface area contributed by atoms with Crippen molar-refractivity contribution in [1.29, 1.82) is 0 Å². The van der Waals surface area contributed by atoms with E-state index in [-0.39, 0.29) is 6.29 Å². The van der Waals surface area contributed by atoms with Crippen molar-refractivity contribution in [1.82, 2.24) is 0 Å². The first-order valence-electron chi connectivity index (χ1n) is 13.1. The van der Waals surface area contributed by atoms with Gasteiger partial charge < -0.3 is 9.47 Å². The Morgan fingerprint density at radius 3 is 2.21 bits per heavy atom. The molecule has 0 saturated carbocycles. The van der Waals surface area contributed by atoms with E-state index in [9.17, 15) is 0 Å². The molecule has 1 aliphatic heterocycles. The molecule has 1 saturated heterocycles. The Morgan fingerprint density at radius 2 is 1.53 bits per heavy atom. The molecular formula is C32H40O2. The highest BCUT2D eigenvalue weighted by molar-refractivity contribution is 5.36. The van der Waals surface area contributed by atoms with Crippen molar-refractivity contribution in [2.24, 2.45) is 5.92 Å². The first-order chi connectivity index (χ1) is 16.7. The number of hydrogen-bond acceptors (Lipinski definition) is 2. The molecule has 4 rings (SSSR count). The second-order valence-electron chi connectivity index (χ2n) is 9.91. The molecule has 0 amide bonds. The van der Waals surface area contributed by atoms with Crippen LogP contribution in [0.1, 0.15) is 86.5 Å². The van der Waals surface area contributed by atoms with Crippen molar-refractivity contribution in [3.05, 3.63) is 107 Å². The number of benzene rings is 3. The summed E-state index contributed by atoms with van der Waals surface area (Å²) in [7, 11) is 0. The Labute approximate surface area is 206 Å². The minimum Gasteiger partial charge on any atom is -0.353 e. The predicted octanol–water partition coefficient (Wildman–Crippen LogP) is 8.47. The van der Waals surface area contributed by atoms with Gasteiger partial charge in [0.2, 0.25) is 0 Å². The van der Waals surface area contributed by atoms with Crippen LogP contribution in [0.4, 0.5) is 0 Å². The maximum Gasteiger partial charge on any atom is 0.158 e. The van der Waals surface area contributed by atoms with Crippen LogP contribution in [0.25, 0.3) is 0 Å². The summed E-state index contributed by atoms with van der Waals surface area (Å²) in [5.74, 6) is 1.58. The molecule has 1 heterocycles. The normalized spacial score (nSPS) is 18.8. The van der Waals surface area contributed by atoms with E-state index in [0.717, 1.165) is 25.9 Å². The lowest BCUT2D eigenvalue weighted by molar-refractivity contribution is -0.168. The molecule has 2 nitrogen and oxygen atoms in total. The molecule has 0 radical (unpaired) electrons. The summed E-state index contributed by atoms with van der Waals surface area (Å²) in [5, 5.41) is 0. The van der Waals surface area contributed by atoms with Crippen molar-refractivity contribution in [2.75, 3.05) is 6.61 Å². The molecule has 4 atom stereocenters. The van der Waals surface area contributed by atoms with Gasteiger partial charge in [-0.3, -0.25) is 0 Å². The first kappa shape index (κ1) is 24.7. The number of hydrogen-bond donors (Lipinski definition) is 0. The Balaban J connectivity index is 1.58. The van der Waals surface area contributed by atoms with Crippen molar-refractivity contribution < 1.29 is 9.47 Å². The van der Waals surface area contributed by atoms with E-state index in [1.165, 1.54) is 41.5 Å². The van der Waals surface area contributed by atoms with Gasteiger partial charge in [0.25, 0.3) is 0 Å². The Kier molecular flexibility index (Phi) is 9.35. The number of rotatable bonds is 11. The second-order valence-corrected chi connectivity index (χ2v) is 9.91. The van der Waals surface area contributed by atoms with Gasteiger partial charge in [-0.25, -0.2) is 0 Å². The highest BCUT2D eigenvalue weighted by Gasteiger charge is 2.23. The van der Waals surface area contributed by atoms with Crippen molar-refractivity contribution in [2.45, 2.75) is 77.1 Å². The minimum absolute atomic E-state index is 0.0553. The molecule has 4 unspecified atom stereocenters. The van der Waals surface area contributed by atoms with Crippen LogP contribution in [-0.2, 0) is 16.1 Å². The molecule has 3 aromatic carbocycles. The minimum atomic E-state index is -0.0553. The third-order valence-corrected chi connectivity index (χ3v) is 7.30. The second kappa shape index (κ2) is 12.9. The van der Waals surface area contributed by atoms with Gasteiger partial charge >= 0.3 is 0 Å². The quantitative estimate of drug-likeness (QED) is 0.288. The maximum atomic E-state index is 6.10. The largest absolute Gasteiger partial charge is 0.353 e. The molecule has 0 aliphatic carbocycles. The van der Waals surface area contributed by atoms with Crippen LogP contribution in [-0.4, -0.2) is 12.9 Å². The summed E-state index contributed by atoms with van der Waals surface area (Å²) in [6.45, 7) is 6.12. The topological polar surface area (TPSA) is 18.5 Å². The lowest BCUT2D eigenvalue weighted by Gasteiger charge is -2.27. The van der Waals surface area contributed by atoms with Crippen LogP contribution in [0.5, 0.6) is 0 Å². The van der Waals surface area contributed by atoms with Crippen molar-refractivity contribution >= 4 is 0 Å². The Bertz CT molecular complexity index is 963. The molecule has 3 aromatic rings. The lowest BCUT2D eigenvalue weighted by Crippen LogP contribution is -2.22. The van der Waals surface area contributed by atoms with Gasteiger partial charge in [0.1, 0.15) is 0 Å². The van der Waals surface area contributed by atoms with E-state index in [2.05, 4.69) is 98.8 Å². The van der Waals surface area contributed by atoms with E-state index in [1.54, 1.807) is 0 Å². The summed E-state index contributed by atoms with van der Waals surface area (Å²) in [6, 6.07) is 31.2. The molecule has 0 aromatic heterocycles. The average molecular weight is 457 g/mol. The van der Waals surface area contributed by atoms with Gasteiger partial charge in [-0.1, -0.05) is 105 Å². The standard InChI is InChI=1S/C32H40O2/c1-3-25(2)21-30(27-14-6-4-7-15-27)23-31(28-16-8-5-9-17-28)29-18-12-13-26(22-29)24-34-32-19-10-11-20-33-32/h4-9,12-18,22,25,30-32H,3,10-11,19-21,23-24H2,1-2H3. The van der Waals surface area contributed by atoms with Crippen LogP contribution >= 0.6 is 0 Å². The SMILES string of the molecule is CCC(C)CC(CC(c1ccccc1)c1cccc(COC2CCCCO2)c1)c1ccccc1.